The zero-order valence-electron chi connectivity index (χ0n) is 10.8. The minimum absolute atomic E-state index is 0.490. The summed E-state index contributed by atoms with van der Waals surface area (Å²) < 4.78 is 0.925. The van der Waals surface area contributed by atoms with Gasteiger partial charge in [-0.15, -0.1) is 11.3 Å². The molecule has 0 amide bonds. The number of aryl methyl sites for hydroxylation is 2. The lowest BCUT2D eigenvalue weighted by Gasteiger charge is -2.23. The summed E-state index contributed by atoms with van der Waals surface area (Å²) in [5.41, 5.74) is 1.43. The molecule has 1 unspecified atom stereocenters. The summed E-state index contributed by atoms with van der Waals surface area (Å²) in [6.45, 7) is 1.03. The van der Waals surface area contributed by atoms with Gasteiger partial charge in [-0.1, -0.05) is 11.6 Å². The first-order valence-corrected chi connectivity index (χ1v) is 8.02. The first-order chi connectivity index (χ1) is 9.33. The molecule has 1 aliphatic carbocycles. The molecule has 0 aromatic carbocycles. The number of hydrogen-bond acceptors (Lipinski definition) is 3. The van der Waals surface area contributed by atoms with E-state index in [1.54, 1.807) is 11.3 Å². The topological polar surface area (TPSA) is 40.7 Å². The van der Waals surface area contributed by atoms with Crippen LogP contribution in [-0.2, 0) is 12.8 Å². The van der Waals surface area contributed by atoms with Crippen molar-refractivity contribution in [2.75, 3.05) is 6.54 Å². The van der Waals surface area contributed by atoms with E-state index in [1.165, 1.54) is 29.7 Å². The molecule has 0 bridgehead atoms. The monoisotopic (exact) mass is 295 g/mol. The normalized spacial score (nSPS) is 18.5. The smallest absolute Gasteiger partial charge is 0.106 e. The number of thiophene rings is 1. The second-order valence-electron chi connectivity index (χ2n) is 4.97. The number of imidazole rings is 1. The lowest BCUT2D eigenvalue weighted by molar-refractivity contribution is 0.458. The molecule has 0 aliphatic heterocycles. The maximum atomic E-state index is 6.12. The number of H-pyrrole nitrogens is 1. The van der Waals surface area contributed by atoms with E-state index in [9.17, 15) is 0 Å². The predicted octanol–water partition coefficient (Wildman–Crippen LogP) is 3.72. The van der Waals surface area contributed by atoms with Crippen LogP contribution < -0.4 is 5.32 Å². The van der Waals surface area contributed by atoms with Crippen molar-refractivity contribution in [2.24, 2.45) is 0 Å². The molecule has 2 aromatic heterocycles. The number of aromatic nitrogens is 2. The highest BCUT2D eigenvalue weighted by Crippen LogP contribution is 2.37. The van der Waals surface area contributed by atoms with E-state index in [4.69, 9.17) is 11.6 Å². The minimum Gasteiger partial charge on any atom is -0.349 e. The first kappa shape index (κ1) is 13.2. The fourth-order valence-electron chi connectivity index (χ4n) is 2.70. The van der Waals surface area contributed by atoms with Crippen molar-refractivity contribution < 1.29 is 0 Å². The highest BCUT2D eigenvalue weighted by atomic mass is 35.5. The Hall–Kier alpha value is -0.840. The van der Waals surface area contributed by atoms with E-state index in [1.807, 2.05) is 12.4 Å². The Kier molecular flexibility index (Phi) is 4.21. The molecule has 5 heteroatoms. The van der Waals surface area contributed by atoms with E-state index in [0.717, 1.165) is 29.5 Å². The fraction of sp³-hybridized carbons (Fsp3) is 0.500. The third kappa shape index (κ3) is 3.19. The molecule has 0 saturated heterocycles. The Morgan fingerprint density at radius 3 is 3.32 bits per heavy atom. The first-order valence-electron chi connectivity index (χ1n) is 6.82. The summed E-state index contributed by atoms with van der Waals surface area (Å²) in [5.74, 6) is 1.07. The second-order valence-corrected chi connectivity index (χ2v) is 6.74. The Labute approximate surface area is 122 Å². The number of halogens is 1. The Morgan fingerprint density at radius 2 is 2.47 bits per heavy atom. The standard InChI is InChI=1S/C14H18ClN3S/c15-13-9-10-11(3-1-4-12(10)19-13)16-6-2-5-14-17-7-8-18-14/h7-9,11,16H,1-6H2,(H,17,18). The number of fused-ring (bicyclic) bond motifs is 1. The molecule has 19 heavy (non-hydrogen) atoms. The minimum atomic E-state index is 0.490. The van der Waals surface area contributed by atoms with E-state index < -0.39 is 0 Å². The van der Waals surface area contributed by atoms with Crippen molar-refractivity contribution in [1.82, 2.24) is 15.3 Å². The molecule has 102 valence electrons. The molecule has 0 saturated carbocycles. The maximum absolute atomic E-state index is 6.12. The Morgan fingerprint density at radius 1 is 1.53 bits per heavy atom. The van der Waals surface area contributed by atoms with Gasteiger partial charge >= 0.3 is 0 Å². The van der Waals surface area contributed by atoms with Gasteiger partial charge in [0.1, 0.15) is 5.82 Å². The van der Waals surface area contributed by atoms with E-state index >= 15 is 0 Å². The van der Waals surface area contributed by atoms with Crippen LogP contribution in [0.25, 0.3) is 0 Å². The molecular formula is C14H18ClN3S. The van der Waals surface area contributed by atoms with E-state index in [2.05, 4.69) is 21.4 Å². The van der Waals surface area contributed by atoms with Crippen LogP contribution in [0.5, 0.6) is 0 Å². The molecule has 0 fully saturated rings. The molecule has 2 N–H and O–H groups in total. The van der Waals surface area contributed by atoms with Gasteiger partial charge in [0.2, 0.25) is 0 Å². The van der Waals surface area contributed by atoms with Crippen molar-refractivity contribution >= 4 is 22.9 Å². The average molecular weight is 296 g/mol. The van der Waals surface area contributed by atoms with Crippen LogP contribution in [0.15, 0.2) is 18.5 Å². The quantitative estimate of drug-likeness (QED) is 0.825. The third-order valence-corrected chi connectivity index (χ3v) is 4.96. The summed E-state index contributed by atoms with van der Waals surface area (Å²) in [6, 6.07) is 2.63. The predicted molar refractivity (Wildman–Crippen MR) is 79.9 cm³/mol. The van der Waals surface area contributed by atoms with Gasteiger partial charge in [0.25, 0.3) is 0 Å². The molecule has 2 heterocycles. The number of nitrogens with one attached hydrogen (secondary N) is 2. The average Bonchev–Trinajstić information content (AvgIpc) is 3.02. The summed E-state index contributed by atoms with van der Waals surface area (Å²) in [5, 5.41) is 3.66. The molecule has 2 aromatic rings. The van der Waals surface area contributed by atoms with Gasteiger partial charge in [0.15, 0.2) is 0 Å². The SMILES string of the molecule is Clc1cc2c(s1)CCCC2NCCCc1ncc[nH]1. The number of nitrogens with zero attached hydrogens (tertiary/aromatic N) is 1. The Bertz CT molecular complexity index is 521. The van der Waals surface area contributed by atoms with Gasteiger partial charge in [-0.3, -0.25) is 0 Å². The number of hydrogen-bond donors (Lipinski definition) is 2. The van der Waals surface area contributed by atoms with Crippen LogP contribution in [0, 0.1) is 0 Å². The summed E-state index contributed by atoms with van der Waals surface area (Å²) >= 11 is 7.86. The molecule has 0 radical (unpaired) electrons. The number of aromatic amines is 1. The van der Waals surface area contributed by atoms with Gasteiger partial charge in [-0.2, -0.15) is 0 Å². The van der Waals surface area contributed by atoms with Gasteiger partial charge in [0.05, 0.1) is 4.34 Å². The van der Waals surface area contributed by atoms with Crippen LogP contribution in [-0.4, -0.2) is 16.5 Å². The highest BCUT2D eigenvalue weighted by molar-refractivity contribution is 7.16. The van der Waals surface area contributed by atoms with Gasteiger partial charge in [0, 0.05) is 29.7 Å². The fourth-order valence-corrected chi connectivity index (χ4v) is 4.08. The molecule has 3 rings (SSSR count). The van der Waals surface area contributed by atoms with Crippen molar-refractivity contribution in [1.29, 1.82) is 0 Å². The molecular weight excluding hydrogens is 278 g/mol. The molecule has 1 atom stereocenters. The van der Waals surface area contributed by atoms with Gasteiger partial charge < -0.3 is 10.3 Å². The van der Waals surface area contributed by atoms with Crippen LogP contribution in [0.4, 0.5) is 0 Å². The summed E-state index contributed by atoms with van der Waals surface area (Å²) in [6.07, 6.45) is 9.48. The van der Waals surface area contributed by atoms with Crippen molar-refractivity contribution in [3.8, 4) is 0 Å². The number of rotatable bonds is 5. The summed E-state index contributed by atoms with van der Waals surface area (Å²) in [7, 11) is 0. The second kappa shape index (κ2) is 6.07. The molecule has 0 spiro atoms. The molecule has 3 nitrogen and oxygen atoms in total. The lowest BCUT2D eigenvalue weighted by Crippen LogP contribution is -2.25. The van der Waals surface area contributed by atoms with Gasteiger partial charge in [-0.05, 0) is 43.9 Å². The van der Waals surface area contributed by atoms with Crippen LogP contribution in [0.1, 0.15) is 41.6 Å². The van der Waals surface area contributed by atoms with E-state index in [0.29, 0.717) is 6.04 Å². The summed E-state index contributed by atoms with van der Waals surface area (Å²) in [4.78, 5) is 8.85. The zero-order chi connectivity index (χ0) is 13.1. The van der Waals surface area contributed by atoms with Crippen LogP contribution in [0.3, 0.4) is 0 Å². The third-order valence-electron chi connectivity index (χ3n) is 3.62. The Balaban J connectivity index is 1.50. The van der Waals surface area contributed by atoms with Crippen molar-refractivity contribution in [2.45, 2.75) is 38.1 Å². The van der Waals surface area contributed by atoms with Crippen molar-refractivity contribution in [3.63, 3.8) is 0 Å². The van der Waals surface area contributed by atoms with Gasteiger partial charge in [-0.25, -0.2) is 4.98 Å². The van der Waals surface area contributed by atoms with Crippen LogP contribution in [0.2, 0.25) is 4.34 Å². The van der Waals surface area contributed by atoms with Crippen molar-refractivity contribution in [3.05, 3.63) is 39.1 Å². The zero-order valence-corrected chi connectivity index (χ0v) is 12.4. The van der Waals surface area contributed by atoms with E-state index in [-0.39, 0.29) is 0 Å². The van der Waals surface area contributed by atoms with Crippen LogP contribution >= 0.6 is 22.9 Å². The highest BCUT2D eigenvalue weighted by Gasteiger charge is 2.21. The largest absolute Gasteiger partial charge is 0.349 e. The maximum Gasteiger partial charge on any atom is 0.106 e. The molecule has 1 aliphatic rings. The lowest BCUT2D eigenvalue weighted by atomic mass is 9.94.